The van der Waals surface area contributed by atoms with E-state index in [2.05, 4.69) is 21.3 Å². The maximum absolute atomic E-state index is 14.6. The molecule has 1 saturated heterocycles. The molecule has 330 valence electrons. The number of hydrogen-bond acceptors (Lipinski definition) is 9. The molecule has 4 bridgehead atoms. The fraction of sp³-hybridized carbons (Fsp3) is 0.587. The maximum atomic E-state index is 14.6. The Morgan fingerprint density at radius 1 is 0.902 bits per heavy atom. The van der Waals surface area contributed by atoms with E-state index >= 15 is 0 Å². The van der Waals surface area contributed by atoms with E-state index in [9.17, 15) is 33.6 Å². The molecule has 0 spiro atoms. The molecule has 61 heavy (non-hydrogen) atoms. The molecule has 6 rings (SSSR count). The summed E-state index contributed by atoms with van der Waals surface area (Å²) in [7, 11) is 3.23. The third-order valence-electron chi connectivity index (χ3n) is 12.4. The highest BCUT2D eigenvalue weighted by molar-refractivity contribution is 6.38. The van der Waals surface area contributed by atoms with Gasteiger partial charge in [0.1, 0.15) is 23.9 Å². The minimum atomic E-state index is -1.23. The number of benzene rings is 2. The second-order valence-electron chi connectivity index (χ2n) is 17.2. The Labute approximate surface area is 358 Å². The number of carbonyl (C=O) groups excluding carboxylic acids is 7. The Bertz CT molecular complexity index is 1890. The van der Waals surface area contributed by atoms with Crippen LogP contribution in [0.25, 0.3) is 0 Å². The second-order valence-corrected chi connectivity index (χ2v) is 17.2. The smallest absolute Gasteiger partial charge is 0.290 e. The fourth-order valence-electron chi connectivity index (χ4n) is 9.18. The molecule has 4 aliphatic rings. The van der Waals surface area contributed by atoms with Crippen molar-refractivity contribution in [3.63, 3.8) is 0 Å². The highest BCUT2D eigenvalue weighted by Gasteiger charge is 2.45. The van der Waals surface area contributed by atoms with E-state index in [1.165, 1.54) is 9.80 Å². The molecule has 1 saturated carbocycles. The molecule has 4 N–H and O–H groups in total. The fourth-order valence-corrected chi connectivity index (χ4v) is 9.18. The van der Waals surface area contributed by atoms with Crippen LogP contribution in [0.3, 0.4) is 0 Å². The number of nitrogens with zero attached hydrogens (tertiary/aromatic N) is 2. The SMILES string of the molecule is CCC[C@@H](NC(=O)[C@@H]1C[C@@H]2CN1C(=O)[C@H](C1CCCCC1)NC(=O)Cc1cccc(c1)OCCCCO2)C(=O)C(=O)NCC(=O)N[C@H](C(=O)N(C)C)C1Cc2ccccc2C1. The second kappa shape index (κ2) is 21.5. The highest BCUT2D eigenvalue weighted by atomic mass is 16.5. The van der Waals surface area contributed by atoms with Crippen molar-refractivity contribution in [2.45, 2.75) is 121 Å². The van der Waals surface area contributed by atoms with Crippen molar-refractivity contribution in [2.75, 3.05) is 40.4 Å². The van der Waals surface area contributed by atoms with Crippen LogP contribution in [-0.4, -0.2) is 122 Å². The van der Waals surface area contributed by atoms with Gasteiger partial charge in [-0.1, -0.05) is 69.0 Å². The average molecular weight is 843 g/mol. The van der Waals surface area contributed by atoms with Crippen molar-refractivity contribution in [3.05, 3.63) is 65.2 Å². The Morgan fingerprint density at radius 2 is 1.62 bits per heavy atom. The molecule has 0 unspecified atom stereocenters. The van der Waals surface area contributed by atoms with E-state index in [-0.39, 0.29) is 55.4 Å². The third kappa shape index (κ3) is 12.0. The van der Waals surface area contributed by atoms with Crippen molar-refractivity contribution >= 4 is 41.2 Å². The van der Waals surface area contributed by atoms with Crippen molar-refractivity contribution in [2.24, 2.45) is 11.8 Å². The third-order valence-corrected chi connectivity index (χ3v) is 12.4. The molecule has 0 radical (unpaired) electrons. The van der Waals surface area contributed by atoms with Crippen molar-refractivity contribution in [1.29, 1.82) is 0 Å². The molecular weight excluding hydrogens is 781 g/mol. The number of fused-ring (bicyclic) bond motifs is 5. The number of rotatable bonds is 12. The zero-order valence-corrected chi connectivity index (χ0v) is 35.7. The number of hydrogen-bond donors (Lipinski definition) is 4. The van der Waals surface area contributed by atoms with Crippen LogP contribution in [0.1, 0.15) is 87.8 Å². The van der Waals surface area contributed by atoms with E-state index in [0.717, 1.165) is 48.8 Å². The number of likely N-dealkylation sites (N-methyl/N-ethyl adjacent to an activating group) is 1. The Kier molecular flexibility index (Phi) is 15.9. The summed E-state index contributed by atoms with van der Waals surface area (Å²) in [5.74, 6) is -3.80. The zero-order chi connectivity index (χ0) is 43.5. The number of nitrogens with one attached hydrogen (secondary N) is 4. The first kappa shape index (κ1) is 45.2. The Hall–Kier alpha value is -5.31. The summed E-state index contributed by atoms with van der Waals surface area (Å²) < 4.78 is 12.2. The van der Waals surface area contributed by atoms with Gasteiger partial charge in [0.05, 0.1) is 31.7 Å². The van der Waals surface area contributed by atoms with Crippen LogP contribution in [-0.2, 0) is 57.6 Å². The molecule has 0 aromatic heterocycles. The van der Waals surface area contributed by atoms with Crippen LogP contribution in [0.15, 0.2) is 48.5 Å². The van der Waals surface area contributed by atoms with Crippen LogP contribution in [0.5, 0.6) is 5.75 Å². The lowest BCUT2D eigenvalue weighted by Crippen LogP contribution is -2.58. The summed E-state index contributed by atoms with van der Waals surface area (Å²) in [4.78, 5) is 98.7. The number of ether oxygens (including phenoxy) is 2. The quantitative estimate of drug-likeness (QED) is 0.233. The number of ketones is 1. The van der Waals surface area contributed by atoms with Crippen LogP contribution < -0.4 is 26.0 Å². The zero-order valence-electron chi connectivity index (χ0n) is 35.7. The van der Waals surface area contributed by atoms with Gasteiger partial charge >= 0.3 is 0 Å². The summed E-state index contributed by atoms with van der Waals surface area (Å²) in [5, 5.41) is 11.0. The number of amides is 6. The van der Waals surface area contributed by atoms with Gasteiger partial charge in [0.25, 0.3) is 5.91 Å². The van der Waals surface area contributed by atoms with Crippen molar-refractivity contribution < 1.29 is 43.0 Å². The molecule has 6 amide bonds. The summed E-state index contributed by atoms with van der Waals surface area (Å²) in [6.45, 7) is 2.23. The normalized spacial score (nSPS) is 22.4. The van der Waals surface area contributed by atoms with Crippen LogP contribution >= 0.6 is 0 Å². The van der Waals surface area contributed by atoms with E-state index < -0.39 is 60.3 Å². The first-order valence-corrected chi connectivity index (χ1v) is 22.0. The predicted octanol–water partition coefficient (Wildman–Crippen LogP) is 2.41. The molecule has 5 atom stereocenters. The van der Waals surface area contributed by atoms with Crippen molar-refractivity contribution in [3.8, 4) is 5.75 Å². The van der Waals surface area contributed by atoms with Gasteiger partial charge in [0.2, 0.25) is 35.3 Å². The largest absolute Gasteiger partial charge is 0.494 e. The summed E-state index contributed by atoms with van der Waals surface area (Å²) in [6.07, 6.45) is 7.36. The molecule has 2 fully saturated rings. The Balaban J connectivity index is 1.12. The minimum Gasteiger partial charge on any atom is -0.494 e. The molecule has 15 heteroatoms. The van der Waals surface area contributed by atoms with Gasteiger partial charge in [0, 0.05) is 33.7 Å². The van der Waals surface area contributed by atoms with Crippen LogP contribution in [0, 0.1) is 11.8 Å². The maximum Gasteiger partial charge on any atom is 0.290 e. The van der Waals surface area contributed by atoms with E-state index in [4.69, 9.17) is 9.47 Å². The van der Waals surface area contributed by atoms with Gasteiger partial charge in [0.15, 0.2) is 0 Å². The molecule has 2 aliphatic carbocycles. The number of Topliss-reactive ketones (excluding diaryl/α,β-unsaturated/α-hetero) is 1. The lowest BCUT2D eigenvalue weighted by atomic mass is 9.83. The monoisotopic (exact) mass is 842 g/mol. The minimum absolute atomic E-state index is 0.0536. The van der Waals surface area contributed by atoms with Gasteiger partial charge in [-0.3, -0.25) is 33.6 Å². The molecule has 2 heterocycles. The van der Waals surface area contributed by atoms with Gasteiger partial charge in [-0.05, 0) is 85.6 Å². The molecule has 15 nitrogen and oxygen atoms in total. The molecule has 2 aromatic rings. The first-order valence-electron chi connectivity index (χ1n) is 22.0. The number of carbonyl (C=O) groups is 7. The van der Waals surface area contributed by atoms with E-state index in [0.29, 0.717) is 51.1 Å². The summed E-state index contributed by atoms with van der Waals surface area (Å²) in [5.41, 5.74) is 2.99. The van der Waals surface area contributed by atoms with E-state index in [1.54, 1.807) is 14.1 Å². The van der Waals surface area contributed by atoms with Crippen LogP contribution in [0.4, 0.5) is 0 Å². The van der Waals surface area contributed by atoms with Gasteiger partial charge in [-0.15, -0.1) is 0 Å². The standard InChI is InChI=1S/C46H62N6O9/c1-4-13-36(42(55)44(57)47-27-39(54)50-41(45(58)51(2)3)33-24-31-17-8-9-18-32(31)25-33)48-43(56)37-26-35-28-52(37)46(59)40(30-15-6-5-7-16-30)49-38(53)23-29-14-12-19-34(22-29)60-20-10-11-21-61-35/h8-9,12,14,17-19,22,30,33,35-37,40-41H,4-7,10-11,13,15-16,20-21,23-28H2,1-3H3,(H,47,57)(H,48,56)(H,49,53)(H,50,54)/t35-,36-,37+,40+,41+/m1/s1. The predicted molar refractivity (Wildman–Crippen MR) is 226 cm³/mol. The highest BCUT2D eigenvalue weighted by Crippen LogP contribution is 2.31. The van der Waals surface area contributed by atoms with E-state index in [1.807, 2.05) is 55.5 Å². The Morgan fingerprint density at radius 3 is 2.33 bits per heavy atom. The summed E-state index contributed by atoms with van der Waals surface area (Å²) in [6, 6.07) is 11.3. The molecule has 2 aliphatic heterocycles. The molecule has 2 aromatic carbocycles. The first-order chi connectivity index (χ1) is 29.4. The lowest BCUT2D eigenvalue weighted by molar-refractivity contribution is -0.144. The lowest BCUT2D eigenvalue weighted by Gasteiger charge is -2.35. The summed E-state index contributed by atoms with van der Waals surface area (Å²) >= 11 is 0. The van der Waals surface area contributed by atoms with Gasteiger partial charge in [-0.25, -0.2) is 0 Å². The molecular formula is C46H62N6O9. The average Bonchev–Trinajstić information content (AvgIpc) is 3.89. The van der Waals surface area contributed by atoms with Crippen LogP contribution in [0.2, 0.25) is 0 Å². The van der Waals surface area contributed by atoms with Gasteiger partial charge < -0.3 is 40.5 Å². The van der Waals surface area contributed by atoms with Crippen molar-refractivity contribution in [1.82, 2.24) is 31.1 Å². The topological polar surface area (TPSA) is 193 Å². The van der Waals surface area contributed by atoms with Gasteiger partial charge in [-0.2, -0.15) is 0 Å².